The average molecular weight is 414 g/mol. The van der Waals surface area contributed by atoms with E-state index in [9.17, 15) is 9.59 Å². The van der Waals surface area contributed by atoms with E-state index in [1.54, 1.807) is 0 Å². The van der Waals surface area contributed by atoms with Crippen LogP contribution in [-0.4, -0.2) is 90.4 Å². The smallest absolute Gasteiger partial charge is 0.303 e. The number of hydrogen-bond donors (Lipinski definition) is 8. The van der Waals surface area contributed by atoms with Crippen molar-refractivity contribution in [3.8, 4) is 0 Å². The van der Waals surface area contributed by atoms with Crippen LogP contribution in [0.15, 0.2) is 0 Å². The molecule has 4 unspecified atom stereocenters. The van der Waals surface area contributed by atoms with Crippen LogP contribution in [0.3, 0.4) is 0 Å². The average Bonchev–Trinajstić information content (AvgIpc) is 2.66. The first-order valence-electron chi connectivity index (χ1n) is 9.46. The Morgan fingerprint density at radius 1 is 0.643 bits per heavy atom. The van der Waals surface area contributed by atoms with Crippen molar-refractivity contribution in [2.24, 2.45) is 0 Å². The van der Waals surface area contributed by atoms with Gasteiger partial charge in [0.2, 0.25) is 0 Å². The number of hydrogen-bond acceptors (Lipinski definition) is 8. The van der Waals surface area contributed by atoms with Gasteiger partial charge >= 0.3 is 11.9 Å². The molecule has 4 atom stereocenters. The zero-order valence-electron chi connectivity index (χ0n) is 16.8. The Morgan fingerprint density at radius 3 is 1.11 bits per heavy atom. The Morgan fingerprint density at radius 2 is 0.929 bits per heavy atom. The quantitative estimate of drug-likeness (QED) is 0.185. The van der Waals surface area contributed by atoms with Crippen LogP contribution in [0, 0.1) is 0 Å². The topological polar surface area (TPSA) is 196 Å². The van der Waals surface area contributed by atoms with Crippen LogP contribution >= 0.6 is 0 Å². The first kappa shape index (κ1) is 31.4. The molecule has 0 aliphatic carbocycles. The van der Waals surface area contributed by atoms with Crippen molar-refractivity contribution in [2.45, 2.75) is 89.6 Å². The second-order valence-corrected chi connectivity index (χ2v) is 6.18. The summed E-state index contributed by atoms with van der Waals surface area (Å²) in [4.78, 5) is 19.7. The zero-order valence-corrected chi connectivity index (χ0v) is 16.8. The molecule has 28 heavy (non-hydrogen) atoms. The van der Waals surface area contributed by atoms with Gasteiger partial charge in [0.05, 0.1) is 13.2 Å². The standard InChI is InChI=1S/C6H14O6.2C6H12O2/c7-1-3(9)5(11)6(12)4(10)2-8;2*1-2-3-4-5-6(7)8/h3-12H,1-2H2;2*2-5H2,1H3,(H,7,8). The van der Waals surface area contributed by atoms with E-state index >= 15 is 0 Å². The molecule has 170 valence electrons. The molecule has 0 aliphatic rings. The molecule has 0 spiro atoms. The van der Waals surface area contributed by atoms with E-state index in [4.69, 9.17) is 40.9 Å². The fourth-order valence-corrected chi connectivity index (χ4v) is 1.72. The third-order valence-electron chi connectivity index (χ3n) is 3.50. The maximum atomic E-state index is 9.87. The number of carbonyl (C=O) groups is 2. The predicted octanol–water partition coefficient (Wildman–Crippen LogP) is -0.283. The number of carboxylic acid groups (broad SMARTS) is 2. The molecule has 0 radical (unpaired) electrons. The molecule has 0 saturated heterocycles. The van der Waals surface area contributed by atoms with Gasteiger partial charge in [-0.3, -0.25) is 9.59 Å². The number of rotatable bonds is 13. The minimum absolute atomic E-state index is 0.327. The Kier molecular flexibility index (Phi) is 24.7. The van der Waals surface area contributed by atoms with E-state index in [0.29, 0.717) is 12.8 Å². The van der Waals surface area contributed by atoms with Crippen molar-refractivity contribution >= 4 is 11.9 Å². The minimum Gasteiger partial charge on any atom is -0.481 e. The summed E-state index contributed by atoms with van der Waals surface area (Å²) in [5, 5.41) is 68.5. The molecular weight excluding hydrogens is 376 g/mol. The maximum absolute atomic E-state index is 9.87. The molecule has 10 heteroatoms. The van der Waals surface area contributed by atoms with E-state index in [1.807, 2.05) is 0 Å². The van der Waals surface area contributed by atoms with E-state index in [1.165, 1.54) is 0 Å². The van der Waals surface area contributed by atoms with E-state index < -0.39 is 49.6 Å². The molecule has 0 bridgehead atoms. The fraction of sp³-hybridized carbons (Fsp3) is 0.889. The fourth-order valence-electron chi connectivity index (χ4n) is 1.72. The molecule has 0 aromatic carbocycles. The highest BCUT2D eigenvalue weighted by Crippen LogP contribution is 2.04. The highest BCUT2D eigenvalue weighted by atomic mass is 16.4. The van der Waals surface area contributed by atoms with Gasteiger partial charge in [0.1, 0.15) is 24.4 Å². The Bertz CT molecular complexity index is 330. The van der Waals surface area contributed by atoms with Gasteiger partial charge in [0.15, 0.2) is 0 Å². The van der Waals surface area contributed by atoms with Gasteiger partial charge in [-0.25, -0.2) is 0 Å². The minimum atomic E-state index is -1.67. The van der Waals surface area contributed by atoms with Crippen LogP contribution in [0.5, 0.6) is 0 Å². The summed E-state index contributed by atoms with van der Waals surface area (Å²) < 4.78 is 0. The third-order valence-corrected chi connectivity index (χ3v) is 3.50. The third kappa shape index (κ3) is 22.7. The number of unbranched alkanes of at least 4 members (excludes halogenated alkanes) is 4. The van der Waals surface area contributed by atoms with Gasteiger partial charge in [0.25, 0.3) is 0 Å². The van der Waals surface area contributed by atoms with Crippen LogP contribution in [0.25, 0.3) is 0 Å². The van der Waals surface area contributed by atoms with E-state index in [-0.39, 0.29) is 0 Å². The van der Waals surface area contributed by atoms with Gasteiger partial charge in [-0.15, -0.1) is 0 Å². The lowest BCUT2D eigenvalue weighted by molar-refractivity contribution is -0.138. The van der Waals surface area contributed by atoms with Gasteiger partial charge in [0, 0.05) is 12.8 Å². The second kappa shape index (κ2) is 22.0. The highest BCUT2D eigenvalue weighted by Gasteiger charge is 2.29. The van der Waals surface area contributed by atoms with Crippen LogP contribution < -0.4 is 0 Å². The summed E-state index contributed by atoms with van der Waals surface area (Å²) in [6.45, 7) is 2.66. The highest BCUT2D eigenvalue weighted by molar-refractivity contribution is 5.66. The summed E-state index contributed by atoms with van der Waals surface area (Å²) in [6.07, 6.45) is 0.162. The molecule has 0 amide bonds. The van der Waals surface area contributed by atoms with Gasteiger partial charge in [-0.05, 0) is 12.8 Å². The predicted molar refractivity (Wildman–Crippen MR) is 102 cm³/mol. The molecule has 10 nitrogen and oxygen atoms in total. The van der Waals surface area contributed by atoms with Crippen molar-refractivity contribution in [1.29, 1.82) is 0 Å². The van der Waals surface area contributed by atoms with Crippen LogP contribution in [0.1, 0.15) is 65.2 Å². The summed E-state index contributed by atoms with van der Waals surface area (Å²) in [5.41, 5.74) is 0. The van der Waals surface area contributed by atoms with Gasteiger partial charge in [-0.1, -0.05) is 39.5 Å². The van der Waals surface area contributed by atoms with Crippen molar-refractivity contribution < 1.29 is 50.4 Å². The summed E-state index contributed by atoms with van der Waals surface area (Å²) in [7, 11) is 0. The zero-order chi connectivity index (χ0) is 22.5. The van der Waals surface area contributed by atoms with Gasteiger partial charge < -0.3 is 40.9 Å². The molecule has 0 fully saturated rings. The lowest BCUT2D eigenvalue weighted by Gasteiger charge is -2.24. The number of aliphatic hydroxyl groups excluding tert-OH is 6. The molecule has 8 N–H and O–H groups in total. The molecule has 0 heterocycles. The first-order valence-corrected chi connectivity index (χ1v) is 9.46. The summed E-state index contributed by atoms with van der Waals surface area (Å²) in [5.74, 6) is -1.36. The van der Waals surface area contributed by atoms with E-state index in [0.717, 1.165) is 38.5 Å². The van der Waals surface area contributed by atoms with Crippen LogP contribution in [-0.2, 0) is 9.59 Å². The van der Waals surface area contributed by atoms with Crippen molar-refractivity contribution in [1.82, 2.24) is 0 Å². The van der Waals surface area contributed by atoms with E-state index in [2.05, 4.69) is 13.8 Å². The van der Waals surface area contributed by atoms with Crippen LogP contribution in [0.2, 0.25) is 0 Å². The largest absolute Gasteiger partial charge is 0.481 e. The van der Waals surface area contributed by atoms with Crippen LogP contribution in [0.4, 0.5) is 0 Å². The SMILES string of the molecule is CCCCCC(=O)O.CCCCCC(=O)O.OCC(O)C(O)C(O)C(O)CO. The molecule has 0 rings (SSSR count). The lowest BCUT2D eigenvalue weighted by atomic mass is 10.0. The molecular formula is C18H38O10. The lowest BCUT2D eigenvalue weighted by Crippen LogP contribution is -2.46. The number of aliphatic hydroxyl groups is 6. The van der Waals surface area contributed by atoms with Crippen molar-refractivity contribution in [3.05, 3.63) is 0 Å². The molecule has 0 aromatic heterocycles. The Labute approximate surface area is 166 Å². The Balaban J connectivity index is -0.000000347. The second-order valence-electron chi connectivity index (χ2n) is 6.18. The summed E-state index contributed by atoms with van der Waals surface area (Å²) in [6, 6.07) is 0. The number of aliphatic carboxylic acids is 2. The molecule has 0 aromatic rings. The summed E-state index contributed by atoms with van der Waals surface area (Å²) >= 11 is 0. The molecule has 0 aliphatic heterocycles. The first-order chi connectivity index (χ1) is 13.1. The number of carboxylic acids is 2. The van der Waals surface area contributed by atoms with Crippen molar-refractivity contribution in [2.75, 3.05) is 13.2 Å². The molecule has 0 saturated carbocycles. The monoisotopic (exact) mass is 414 g/mol. The maximum Gasteiger partial charge on any atom is 0.303 e. The normalized spacial score (nSPS) is 14.4. The van der Waals surface area contributed by atoms with Crippen molar-refractivity contribution in [3.63, 3.8) is 0 Å². The van der Waals surface area contributed by atoms with Gasteiger partial charge in [-0.2, -0.15) is 0 Å². The Hall–Kier alpha value is -1.30.